The zero-order valence-electron chi connectivity index (χ0n) is 14.1. The standard InChI is InChI=1S/C18H25N3O3/c1-14-12-21(9-10-24-14)18(23)13-20-8-7-19-17(22)11-16(20)15-5-3-2-4-6-15/h2-6,14,16H,7-13H2,1H3,(H,19,22)/t14-,16+/m0/s1. The number of carbonyl (C=O) groups excluding carboxylic acids is 2. The van der Waals surface area contributed by atoms with Crippen LogP contribution in [0.25, 0.3) is 0 Å². The van der Waals surface area contributed by atoms with E-state index in [-0.39, 0.29) is 24.0 Å². The first-order valence-corrected chi connectivity index (χ1v) is 8.58. The topological polar surface area (TPSA) is 61.9 Å². The fourth-order valence-electron chi connectivity index (χ4n) is 3.38. The van der Waals surface area contributed by atoms with E-state index in [1.54, 1.807) is 0 Å². The summed E-state index contributed by atoms with van der Waals surface area (Å²) in [4.78, 5) is 28.7. The average molecular weight is 331 g/mol. The molecular formula is C18H25N3O3. The molecule has 1 N–H and O–H groups in total. The molecule has 24 heavy (non-hydrogen) atoms. The largest absolute Gasteiger partial charge is 0.375 e. The fourth-order valence-corrected chi connectivity index (χ4v) is 3.38. The average Bonchev–Trinajstić information content (AvgIpc) is 2.77. The lowest BCUT2D eigenvalue weighted by Gasteiger charge is -2.34. The van der Waals surface area contributed by atoms with Gasteiger partial charge in [0, 0.05) is 38.6 Å². The third-order valence-electron chi connectivity index (χ3n) is 4.66. The summed E-state index contributed by atoms with van der Waals surface area (Å²) in [6.45, 7) is 5.45. The lowest BCUT2D eigenvalue weighted by molar-refractivity contribution is -0.140. The second-order valence-electron chi connectivity index (χ2n) is 6.47. The predicted molar refractivity (Wildman–Crippen MR) is 90.4 cm³/mol. The molecule has 0 aromatic heterocycles. The Hall–Kier alpha value is -1.92. The van der Waals surface area contributed by atoms with E-state index in [1.807, 2.05) is 42.2 Å². The van der Waals surface area contributed by atoms with Crippen LogP contribution in [-0.4, -0.2) is 67.0 Å². The minimum atomic E-state index is -0.0592. The number of hydrogen-bond acceptors (Lipinski definition) is 4. The normalized spacial score (nSPS) is 25.9. The molecule has 1 aromatic carbocycles. The van der Waals surface area contributed by atoms with Gasteiger partial charge in [-0.15, -0.1) is 0 Å². The highest BCUT2D eigenvalue weighted by Crippen LogP contribution is 2.25. The molecule has 0 radical (unpaired) electrons. The maximum Gasteiger partial charge on any atom is 0.236 e. The van der Waals surface area contributed by atoms with Crippen LogP contribution >= 0.6 is 0 Å². The van der Waals surface area contributed by atoms with Gasteiger partial charge in [0.25, 0.3) is 0 Å². The molecule has 0 unspecified atom stereocenters. The van der Waals surface area contributed by atoms with Crippen LogP contribution in [0.2, 0.25) is 0 Å². The van der Waals surface area contributed by atoms with Gasteiger partial charge in [-0.3, -0.25) is 14.5 Å². The number of nitrogens with zero attached hydrogens (tertiary/aromatic N) is 2. The number of ether oxygens (including phenoxy) is 1. The van der Waals surface area contributed by atoms with Gasteiger partial charge in [-0.25, -0.2) is 0 Å². The molecule has 6 heteroatoms. The Morgan fingerprint density at radius 1 is 1.29 bits per heavy atom. The van der Waals surface area contributed by atoms with Crippen LogP contribution in [0.5, 0.6) is 0 Å². The molecule has 0 spiro atoms. The third kappa shape index (κ3) is 4.13. The Balaban J connectivity index is 1.73. The van der Waals surface area contributed by atoms with Crippen LogP contribution in [0, 0.1) is 0 Å². The van der Waals surface area contributed by atoms with Crippen LogP contribution in [0.1, 0.15) is 24.9 Å². The van der Waals surface area contributed by atoms with Gasteiger partial charge in [0.15, 0.2) is 0 Å². The van der Waals surface area contributed by atoms with Crippen molar-refractivity contribution in [2.24, 2.45) is 0 Å². The van der Waals surface area contributed by atoms with Gasteiger partial charge in [0.05, 0.1) is 19.3 Å². The van der Waals surface area contributed by atoms with Gasteiger partial charge in [-0.1, -0.05) is 30.3 Å². The van der Waals surface area contributed by atoms with Gasteiger partial charge >= 0.3 is 0 Å². The van der Waals surface area contributed by atoms with Crippen molar-refractivity contribution in [2.45, 2.75) is 25.5 Å². The van der Waals surface area contributed by atoms with Gasteiger partial charge in [-0.2, -0.15) is 0 Å². The maximum absolute atomic E-state index is 12.7. The highest BCUT2D eigenvalue weighted by Gasteiger charge is 2.30. The van der Waals surface area contributed by atoms with Crippen LogP contribution in [0.4, 0.5) is 0 Å². The summed E-state index contributed by atoms with van der Waals surface area (Å²) in [5.41, 5.74) is 1.08. The van der Waals surface area contributed by atoms with Gasteiger partial charge < -0.3 is 15.0 Å². The molecular weight excluding hydrogens is 306 g/mol. The zero-order chi connectivity index (χ0) is 16.9. The van der Waals surface area contributed by atoms with E-state index < -0.39 is 0 Å². The van der Waals surface area contributed by atoms with Crippen molar-refractivity contribution in [3.63, 3.8) is 0 Å². The third-order valence-corrected chi connectivity index (χ3v) is 4.66. The lowest BCUT2D eigenvalue weighted by atomic mass is 10.0. The molecule has 2 amide bonds. The number of carbonyl (C=O) groups is 2. The van der Waals surface area contributed by atoms with Crippen molar-refractivity contribution < 1.29 is 14.3 Å². The van der Waals surface area contributed by atoms with Gasteiger partial charge in [0.1, 0.15) is 0 Å². The maximum atomic E-state index is 12.7. The molecule has 1 aromatic rings. The Kier molecular flexibility index (Phi) is 5.48. The van der Waals surface area contributed by atoms with Gasteiger partial charge in [-0.05, 0) is 12.5 Å². The van der Waals surface area contributed by atoms with E-state index in [4.69, 9.17) is 4.74 Å². The van der Waals surface area contributed by atoms with Crippen LogP contribution in [0.3, 0.4) is 0 Å². The first-order chi connectivity index (χ1) is 11.6. The Morgan fingerprint density at radius 2 is 2.08 bits per heavy atom. The molecule has 2 saturated heterocycles. The lowest BCUT2D eigenvalue weighted by Crippen LogP contribution is -2.49. The summed E-state index contributed by atoms with van der Waals surface area (Å²) >= 11 is 0. The number of amides is 2. The highest BCUT2D eigenvalue weighted by atomic mass is 16.5. The zero-order valence-corrected chi connectivity index (χ0v) is 14.1. The summed E-state index contributed by atoms with van der Waals surface area (Å²) in [5, 5.41) is 2.91. The molecule has 2 heterocycles. The summed E-state index contributed by atoms with van der Waals surface area (Å²) in [6.07, 6.45) is 0.469. The second kappa shape index (κ2) is 7.77. The first-order valence-electron chi connectivity index (χ1n) is 8.58. The van der Waals surface area contributed by atoms with E-state index in [0.717, 1.165) is 5.56 Å². The SMILES string of the molecule is C[C@H]1CN(C(=O)CN2CCNC(=O)C[C@@H]2c2ccccc2)CCO1. The molecule has 0 saturated carbocycles. The molecule has 0 bridgehead atoms. The van der Waals surface area contributed by atoms with Crippen LogP contribution in [0.15, 0.2) is 30.3 Å². The molecule has 3 rings (SSSR count). The number of rotatable bonds is 3. The monoisotopic (exact) mass is 331 g/mol. The van der Waals surface area contributed by atoms with Crippen molar-refractivity contribution >= 4 is 11.8 Å². The summed E-state index contributed by atoms with van der Waals surface area (Å²) in [5.74, 6) is 0.152. The number of morpholine rings is 1. The van der Waals surface area contributed by atoms with Crippen LogP contribution < -0.4 is 5.32 Å². The number of nitrogens with one attached hydrogen (secondary N) is 1. The smallest absolute Gasteiger partial charge is 0.236 e. The quantitative estimate of drug-likeness (QED) is 0.890. The van der Waals surface area contributed by atoms with Gasteiger partial charge in [0.2, 0.25) is 11.8 Å². The van der Waals surface area contributed by atoms with E-state index in [2.05, 4.69) is 10.2 Å². The van der Waals surface area contributed by atoms with Crippen molar-refractivity contribution in [3.05, 3.63) is 35.9 Å². The fraction of sp³-hybridized carbons (Fsp3) is 0.556. The van der Waals surface area contributed by atoms with Crippen molar-refractivity contribution in [1.29, 1.82) is 0 Å². The van der Waals surface area contributed by atoms with Crippen molar-refractivity contribution in [3.8, 4) is 0 Å². The van der Waals surface area contributed by atoms with Crippen molar-refractivity contribution in [1.82, 2.24) is 15.1 Å². The summed E-state index contributed by atoms with van der Waals surface area (Å²) < 4.78 is 5.51. The van der Waals surface area contributed by atoms with E-state index in [0.29, 0.717) is 45.8 Å². The minimum absolute atomic E-state index is 0.0406. The summed E-state index contributed by atoms with van der Waals surface area (Å²) in [6, 6.07) is 9.90. The minimum Gasteiger partial charge on any atom is -0.375 e. The summed E-state index contributed by atoms with van der Waals surface area (Å²) in [7, 11) is 0. The van der Waals surface area contributed by atoms with Crippen LogP contribution in [-0.2, 0) is 14.3 Å². The molecule has 0 aliphatic carbocycles. The highest BCUT2D eigenvalue weighted by molar-refractivity contribution is 5.79. The Morgan fingerprint density at radius 3 is 2.83 bits per heavy atom. The molecule has 2 aliphatic heterocycles. The predicted octanol–water partition coefficient (Wildman–Crippen LogP) is 0.797. The van der Waals surface area contributed by atoms with Crippen molar-refractivity contribution in [2.75, 3.05) is 39.3 Å². The van der Waals surface area contributed by atoms with E-state index >= 15 is 0 Å². The van der Waals surface area contributed by atoms with E-state index in [1.165, 1.54) is 0 Å². The van der Waals surface area contributed by atoms with E-state index in [9.17, 15) is 9.59 Å². The molecule has 2 fully saturated rings. The Bertz CT molecular complexity index is 578. The number of hydrogen-bond donors (Lipinski definition) is 1. The number of benzene rings is 1. The second-order valence-corrected chi connectivity index (χ2v) is 6.47. The first kappa shape index (κ1) is 16.9. The molecule has 2 atom stereocenters. The Labute approximate surface area is 142 Å². The molecule has 130 valence electrons. The molecule has 6 nitrogen and oxygen atoms in total. The molecule has 2 aliphatic rings.